The quantitative estimate of drug-likeness (QED) is 0.582. The molecule has 0 saturated heterocycles. The fourth-order valence-electron chi connectivity index (χ4n) is 1.26. The summed E-state index contributed by atoms with van der Waals surface area (Å²) in [7, 11) is 0. The summed E-state index contributed by atoms with van der Waals surface area (Å²) in [6, 6.07) is 4.30. The second-order valence-electron chi connectivity index (χ2n) is 2.63. The van der Waals surface area contributed by atoms with Gasteiger partial charge in [0.05, 0.1) is 4.92 Å². The Hall–Kier alpha value is -1.43. The van der Waals surface area contributed by atoms with Gasteiger partial charge < -0.3 is 0 Å². The van der Waals surface area contributed by atoms with Gasteiger partial charge in [-0.15, -0.1) is 0 Å². The molecular formula is C8H6BrN3O2. The molecule has 0 bridgehead atoms. The molecule has 6 heteroatoms. The van der Waals surface area contributed by atoms with Crippen molar-refractivity contribution in [2.45, 2.75) is 0 Å². The second kappa shape index (κ2) is 3.06. The smallest absolute Gasteiger partial charge is 0.260 e. The Balaban J connectivity index is 2.91. The zero-order chi connectivity index (χ0) is 12.8. The van der Waals surface area contributed by atoms with Crippen molar-refractivity contribution in [3.63, 3.8) is 0 Å². The second-order valence-corrected chi connectivity index (χ2v) is 3.38. The number of hydrogen-bond acceptors (Lipinski definition) is 3. The summed E-state index contributed by atoms with van der Waals surface area (Å²) in [5.41, 5.74) is -0.291. The maximum Gasteiger partial charge on any atom is 0.295 e. The van der Waals surface area contributed by atoms with Gasteiger partial charge in [0, 0.05) is 22.5 Å². The summed E-state index contributed by atoms with van der Waals surface area (Å²) < 4.78 is 22.8. The number of non-ortho nitro benzene ring substituents is 1. The number of para-hydroxylation sites is 1. The maximum atomic E-state index is 10.9. The molecule has 2 rings (SSSR count). The van der Waals surface area contributed by atoms with Crippen LogP contribution in [0.3, 0.4) is 0 Å². The Morgan fingerprint density at radius 2 is 2.50 bits per heavy atom. The minimum absolute atomic E-state index is 0.00984. The number of nitro benzene ring substituents is 1. The van der Waals surface area contributed by atoms with E-state index < -0.39 is 11.9 Å². The van der Waals surface area contributed by atoms with Crippen LogP contribution in [-0.2, 0) is 6.98 Å². The van der Waals surface area contributed by atoms with Gasteiger partial charge in [-0.05, 0) is 22.0 Å². The molecule has 0 atom stereocenters. The largest absolute Gasteiger partial charge is 0.295 e. The summed E-state index contributed by atoms with van der Waals surface area (Å²) in [5, 5.41) is 15.0. The van der Waals surface area contributed by atoms with E-state index in [1.807, 2.05) is 0 Å². The van der Waals surface area contributed by atoms with Gasteiger partial charge in [-0.3, -0.25) is 14.8 Å². The molecule has 72 valence electrons. The molecule has 0 spiro atoms. The molecule has 1 aromatic heterocycles. The molecule has 2 aromatic rings. The van der Waals surface area contributed by atoms with Gasteiger partial charge in [-0.25, -0.2) is 0 Å². The number of halogens is 1. The highest BCUT2D eigenvalue weighted by Gasteiger charge is 2.17. The van der Waals surface area contributed by atoms with E-state index in [-0.39, 0.29) is 15.8 Å². The third-order valence-electron chi connectivity index (χ3n) is 1.83. The molecule has 14 heavy (non-hydrogen) atoms. The molecule has 0 fully saturated rings. The van der Waals surface area contributed by atoms with Gasteiger partial charge in [0.2, 0.25) is 0 Å². The molecule has 0 amide bonds. The first-order valence-corrected chi connectivity index (χ1v) is 4.44. The Bertz CT molecular complexity index is 608. The third-order valence-corrected chi connectivity index (χ3v) is 2.42. The Morgan fingerprint density at radius 1 is 1.71 bits per heavy atom. The van der Waals surface area contributed by atoms with Crippen molar-refractivity contribution < 1.29 is 9.04 Å². The van der Waals surface area contributed by atoms with Gasteiger partial charge >= 0.3 is 0 Å². The molecule has 1 aromatic carbocycles. The lowest BCUT2D eigenvalue weighted by Gasteiger charge is -1.95. The predicted molar refractivity (Wildman–Crippen MR) is 55.1 cm³/mol. The van der Waals surface area contributed by atoms with E-state index in [1.165, 1.54) is 12.1 Å². The lowest BCUT2D eigenvalue weighted by Crippen LogP contribution is -1.95. The zero-order valence-corrected chi connectivity index (χ0v) is 8.35. The van der Waals surface area contributed by atoms with Gasteiger partial charge in [0.25, 0.3) is 5.69 Å². The molecule has 0 aliphatic rings. The van der Waals surface area contributed by atoms with E-state index in [4.69, 9.17) is 4.11 Å². The predicted octanol–water partition coefficient (Wildman–Crippen LogP) is 2.24. The first-order chi connectivity index (χ1) is 7.82. The lowest BCUT2D eigenvalue weighted by atomic mass is 10.2. The topological polar surface area (TPSA) is 61.0 Å². The van der Waals surface area contributed by atoms with Gasteiger partial charge in [0.15, 0.2) is 0 Å². The number of aryl methyl sites for hydroxylation is 1. The molecule has 0 radical (unpaired) electrons. The Kier molecular flexibility index (Phi) is 1.34. The number of nitrogens with zero attached hydrogens (tertiary/aromatic N) is 3. The number of nitro groups is 1. The van der Waals surface area contributed by atoms with Crippen LogP contribution in [0.5, 0.6) is 0 Å². The lowest BCUT2D eigenvalue weighted by molar-refractivity contribution is -0.383. The van der Waals surface area contributed by atoms with E-state index in [0.29, 0.717) is 10.1 Å². The molecule has 0 N–H and O–H groups in total. The number of benzene rings is 1. The summed E-state index contributed by atoms with van der Waals surface area (Å²) in [4.78, 5) is 10.2. The number of fused-ring (bicyclic) bond motifs is 1. The van der Waals surface area contributed by atoms with E-state index in [1.54, 1.807) is 6.07 Å². The Morgan fingerprint density at radius 3 is 3.14 bits per heavy atom. The van der Waals surface area contributed by atoms with Crippen LogP contribution in [0.2, 0.25) is 0 Å². The third kappa shape index (κ3) is 1.19. The van der Waals surface area contributed by atoms with E-state index in [0.717, 1.165) is 0 Å². The van der Waals surface area contributed by atoms with Gasteiger partial charge in [0.1, 0.15) is 10.1 Å². The molecular weight excluding hydrogens is 250 g/mol. The monoisotopic (exact) mass is 258 g/mol. The zero-order valence-electron chi connectivity index (χ0n) is 9.77. The highest BCUT2D eigenvalue weighted by molar-refractivity contribution is 9.10. The van der Waals surface area contributed by atoms with Crippen molar-refractivity contribution in [1.29, 1.82) is 0 Å². The molecule has 0 saturated carbocycles. The van der Waals surface area contributed by atoms with Crippen molar-refractivity contribution in [3.8, 4) is 0 Å². The van der Waals surface area contributed by atoms with Crippen LogP contribution in [0.4, 0.5) is 5.69 Å². The summed E-state index contributed by atoms with van der Waals surface area (Å²) in [6.07, 6.45) is 0. The summed E-state index contributed by atoms with van der Waals surface area (Å²) >= 11 is 3.09. The fourth-order valence-corrected chi connectivity index (χ4v) is 1.74. The highest BCUT2D eigenvalue weighted by atomic mass is 79.9. The minimum Gasteiger partial charge on any atom is -0.260 e. The van der Waals surface area contributed by atoms with Crippen LogP contribution in [0.15, 0.2) is 22.8 Å². The van der Waals surface area contributed by atoms with E-state index in [2.05, 4.69) is 21.0 Å². The van der Waals surface area contributed by atoms with Crippen molar-refractivity contribution >= 4 is 32.5 Å². The molecule has 0 aliphatic carbocycles. The van der Waals surface area contributed by atoms with Crippen molar-refractivity contribution in [3.05, 3.63) is 32.9 Å². The average Bonchev–Trinajstić information content (AvgIpc) is 2.56. The summed E-state index contributed by atoms with van der Waals surface area (Å²) in [6.45, 7) is -2.56. The van der Waals surface area contributed by atoms with Crippen molar-refractivity contribution in [2.75, 3.05) is 0 Å². The highest BCUT2D eigenvalue weighted by Crippen LogP contribution is 2.29. The summed E-state index contributed by atoms with van der Waals surface area (Å²) in [5.74, 6) is 0. The molecule has 0 aliphatic heterocycles. The van der Waals surface area contributed by atoms with Crippen LogP contribution in [-0.4, -0.2) is 14.7 Å². The Labute approximate surface area is 91.8 Å². The fraction of sp³-hybridized carbons (Fsp3) is 0.125. The molecule has 0 unspecified atom stereocenters. The van der Waals surface area contributed by atoms with Crippen molar-refractivity contribution in [1.82, 2.24) is 9.78 Å². The minimum atomic E-state index is -2.56. The normalized spacial score (nSPS) is 14.8. The number of rotatable bonds is 1. The van der Waals surface area contributed by atoms with Crippen molar-refractivity contribution in [2.24, 2.45) is 6.98 Å². The van der Waals surface area contributed by atoms with Crippen LogP contribution in [0.25, 0.3) is 10.9 Å². The van der Waals surface area contributed by atoms with Crippen LogP contribution >= 0.6 is 15.9 Å². The van der Waals surface area contributed by atoms with E-state index >= 15 is 0 Å². The number of aromatic nitrogens is 2. The first-order valence-electron chi connectivity index (χ1n) is 5.14. The molecule has 5 nitrogen and oxygen atoms in total. The standard InChI is InChI=1S/C8H6BrN3O2/c1-11-7-5(8(9)10-11)3-2-4-6(7)12(13)14/h2-4H,1H3/i1D3. The van der Waals surface area contributed by atoms with Gasteiger partial charge in [-0.1, -0.05) is 6.07 Å². The number of hydrogen-bond donors (Lipinski definition) is 0. The van der Waals surface area contributed by atoms with E-state index in [9.17, 15) is 10.1 Å². The van der Waals surface area contributed by atoms with Crippen LogP contribution < -0.4 is 0 Å². The molecule has 1 heterocycles. The SMILES string of the molecule is [2H]C([2H])([2H])n1nc(Br)c2cccc([N+](=O)[O-])c21. The average molecular weight is 259 g/mol. The van der Waals surface area contributed by atoms with Crippen LogP contribution in [0.1, 0.15) is 4.11 Å². The van der Waals surface area contributed by atoms with Crippen LogP contribution in [0, 0.1) is 10.1 Å². The maximum absolute atomic E-state index is 10.9. The first kappa shape index (κ1) is 6.13. The van der Waals surface area contributed by atoms with Gasteiger partial charge in [-0.2, -0.15) is 5.10 Å².